The van der Waals surface area contributed by atoms with E-state index in [0.717, 1.165) is 0 Å². The van der Waals surface area contributed by atoms with Crippen molar-refractivity contribution in [3.8, 4) is 11.5 Å². The number of nitrogens with zero attached hydrogens (tertiary/aromatic N) is 1. The zero-order chi connectivity index (χ0) is 14.1. The molecule has 0 radical (unpaired) electrons. The number of hydrogen-bond acceptors (Lipinski definition) is 4. The molecule has 0 saturated carbocycles. The summed E-state index contributed by atoms with van der Waals surface area (Å²) in [6, 6.07) is 10.8. The number of halogens is 1. The number of esters is 1. The van der Waals surface area contributed by atoms with Crippen LogP contribution in [0.1, 0.15) is 10.4 Å². The number of benzene rings is 2. The number of hydrogen-bond donors (Lipinski definition) is 0. The predicted octanol–water partition coefficient (Wildman–Crippen LogP) is 3.42. The van der Waals surface area contributed by atoms with Gasteiger partial charge in [-0.1, -0.05) is 6.07 Å². The molecule has 1 aromatic heterocycles. The number of fused-ring (bicyclic) bond motifs is 1. The highest BCUT2D eigenvalue weighted by atomic mass is 19.1. The van der Waals surface area contributed by atoms with Crippen LogP contribution in [0.3, 0.4) is 0 Å². The number of rotatable bonds is 2. The van der Waals surface area contributed by atoms with Crippen molar-refractivity contribution in [1.29, 1.82) is 0 Å². The van der Waals surface area contributed by atoms with Crippen molar-refractivity contribution in [2.24, 2.45) is 0 Å². The van der Waals surface area contributed by atoms with Crippen molar-refractivity contribution >= 4 is 17.1 Å². The minimum Gasteiger partial charge on any atom is -0.465 e. The van der Waals surface area contributed by atoms with Gasteiger partial charge in [-0.15, -0.1) is 0 Å². The summed E-state index contributed by atoms with van der Waals surface area (Å²) in [5, 5.41) is 0. The zero-order valence-electron chi connectivity index (χ0n) is 10.6. The van der Waals surface area contributed by atoms with Gasteiger partial charge in [0.2, 0.25) is 5.89 Å². The quantitative estimate of drug-likeness (QED) is 0.670. The molecule has 3 rings (SSSR count). The molecule has 0 aliphatic heterocycles. The molecular weight excluding hydrogens is 261 g/mol. The van der Waals surface area contributed by atoms with Crippen LogP contribution in [0.5, 0.6) is 0 Å². The number of aromatic nitrogens is 1. The van der Waals surface area contributed by atoms with Crippen LogP contribution in [0, 0.1) is 5.82 Å². The predicted molar refractivity (Wildman–Crippen MR) is 70.7 cm³/mol. The lowest BCUT2D eigenvalue weighted by molar-refractivity contribution is 0.0601. The molecular formula is C15H10FNO3. The molecule has 5 heteroatoms. The summed E-state index contributed by atoms with van der Waals surface area (Å²) < 4.78 is 23.4. The van der Waals surface area contributed by atoms with Gasteiger partial charge in [0.1, 0.15) is 11.3 Å². The Balaban J connectivity index is 2.09. The maximum atomic E-state index is 13.2. The van der Waals surface area contributed by atoms with Crippen molar-refractivity contribution in [3.05, 3.63) is 53.8 Å². The molecule has 0 aliphatic carbocycles. The molecule has 4 nitrogen and oxygen atoms in total. The minimum absolute atomic E-state index is 0.307. The summed E-state index contributed by atoms with van der Waals surface area (Å²) in [6.45, 7) is 0. The summed E-state index contributed by atoms with van der Waals surface area (Å²) in [4.78, 5) is 15.7. The second-order valence-corrected chi connectivity index (χ2v) is 4.20. The van der Waals surface area contributed by atoms with Gasteiger partial charge in [0.15, 0.2) is 5.58 Å². The van der Waals surface area contributed by atoms with E-state index in [9.17, 15) is 9.18 Å². The smallest absolute Gasteiger partial charge is 0.337 e. The average Bonchev–Trinajstić information content (AvgIpc) is 2.89. The van der Waals surface area contributed by atoms with Gasteiger partial charge in [0.05, 0.1) is 12.7 Å². The van der Waals surface area contributed by atoms with E-state index in [4.69, 9.17) is 4.42 Å². The first kappa shape index (κ1) is 12.3. The zero-order valence-corrected chi connectivity index (χ0v) is 10.6. The van der Waals surface area contributed by atoms with Gasteiger partial charge in [0.25, 0.3) is 0 Å². The van der Waals surface area contributed by atoms with Crippen molar-refractivity contribution < 1.29 is 18.3 Å². The lowest BCUT2D eigenvalue weighted by atomic mass is 10.2. The number of carbonyl (C=O) groups is 1. The summed E-state index contributed by atoms with van der Waals surface area (Å²) in [6.07, 6.45) is 0. The molecule has 0 fully saturated rings. The van der Waals surface area contributed by atoms with Crippen LogP contribution in [0.25, 0.3) is 22.6 Å². The van der Waals surface area contributed by atoms with Crippen LogP contribution in [0.15, 0.2) is 46.9 Å². The number of oxazole rings is 1. The third kappa shape index (κ3) is 2.14. The monoisotopic (exact) mass is 271 g/mol. The fourth-order valence-corrected chi connectivity index (χ4v) is 1.92. The first-order valence-corrected chi connectivity index (χ1v) is 5.92. The highest BCUT2D eigenvalue weighted by Gasteiger charge is 2.12. The molecule has 0 unspecified atom stereocenters. The van der Waals surface area contributed by atoms with Crippen molar-refractivity contribution in [1.82, 2.24) is 4.98 Å². The Hall–Kier alpha value is -2.69. The van der Waals surface area contributed by atoms with E-state index in [1.54, 1.807) is 30.3 Å². The number of methoxy groups -OCH3 is 1. The fourth-order valence-electron chi connectivity index (χ4n) is 1.92. The molecule has 20 heavy (non-hydrogen) atoms. The largest absolute Gasteiger partial charge is 0.465 e. The molecule has 0 spiro atoms. The SMILES string of the molecule is COC(=O)c1ccc2oc(-c3cccc(F)c3)nc2c1. The van der Waals surface area contributed by atoms with Crippen LogP contribution in [-0.2, 0) is 4.74 Å². The van der Waals surface area contributed by atoms with Crippen LogP contribution in [0.2, 0.25) is 0 Å². The van der Waals surface area contributed by atoms with E-state index < -0.39 is 5.97 Å². The maximum Gasteiger partial charge on any atom is 0.337 e. The first-order chi connectivity index (χ1) is 9.67. The molecule has 0 aliphatic rings. The van der Waals surface area contributed by atoms with Gasteiger partial charge in [-0.2, -0.15) is 0 Å². The van der Waals surface area contributed by atoms with E-state index in [2.05, 4.69) is 9.72 Å². The van der Waals surface area contributed by atoms with Crippen LogP contribution < -0.4 is 0 Å². The normalized spacial score (nSPS) is 10.7. The minimum atomic E-state index is -0.442. The Kier molecular flexibility index (Phi) is 2.95. The van der Waals surface area contributed by atoms with Crippen molar-refractivity contribution in [2.45, 2.75) is 0 Å². The fraction of sp³-hybridized carbons (Fsp3) is 0.0667. The summed E-state index contributed by atoms with van der Waals surface area (Å²) >= 11 is 0. The molecule has 100 valence electrons. The van der Waals surface area contributed by atoms with Crippen LogP contribution >= 0.6 is 0 Å². The van der Waals surface area contributed by atoms with Crippen molar-refractivity contribution in [2.75, 3.05) is 7.11 Å². The lowest BCUT2D eigenvalue weighted by Crippen LogP contribution is -2.00. The maximum absolute atomic E-state index is 13.2. The van der Waals surface area contributed by atoms with E-state index >= 15 is 0 Å². The second kappa shape index (κ2) is 4.77. The number of carbonyl (C=O) groups excluding carboxylic acids is 1. The van der Waals surface area contributed by atoms with E-state index in [0.29, 0.717) is 28.1 Å². The first-order valence-electron chi connectivity index (χ1n) is 5.92. The van der Waals surface area contributed by atoms with Gasteiger partial charge in [0, 0.05) is 5.56 Å². The Bertz CT molecular complexity index is 795. The van der Waals surface area contributed by atoms with Crippen LogP contribution in [-0.4, -0.2) is 18.1 Å². The second-order valence-electron chi connectivity index (χ2n) is 4.20. The molecule has 0 bridgehead atoms. The third-order valence-electron chi connectivity index (χ3n) is 2.88. The molecule has 0 amide bonds. The van der Waals surface area contributed by atoms with Crippen LogP contribution in [0.4, 0.5) is 4.39 Å². The molecule has 1 heterocycles. The van der Waals surface area contributed by atoms with Gasteiger partial charge in [-0.05, 0) is 36.4 Å². The average molecular weight is 271 g/mol. The standard InChI is InChI=1S/C15H10FNO3/c1-19-15(18)10-5-6-13-12(8-10)17-14(20-13)9-3-2-4-11(16)7-9/h2-8H,1H3. The van der Waals surface area contributed by atoms with Gasteiger partial charge in [-0.25, -0.2) is 14.2 Å². The summed E-state index contributed by atoms with van der Waals surface area (Å²) in [7, 11) is 1.31. The van der Waals surface area contributed by atoms with E-state index in [1.807, 2.05) is 0 Å². The Morgan fingerprint density at radius 2 is 2.10 bits per heavy atom. The summed E-state index contributed by atoms with van der Waals surface area (Å²) in [5.74, 6) is -0.497. The highest BCUT2D eigenvalue weighted by molar-refractivity contribution is 5.93. The Labute approximate surface area is 113 Å². The Morgan fingerprint density at radius 3 is 2.85 bits per heavy atom. The van der Waals surface area contributed by atoms with Gasteiger partial charge < -0.3 is 9.15 Å². The van der Waals surface area contributed by atoms with E-state index in [-0.39, 0.29) is 5.82 Å². The molecule has 2 aromatic carbocycles. The molecule has 0 saturated heterocycles. The molecule has 0 N–H and O–H groups in total. The lowest BCUT2D eigenvalue weighted by Gasteiger charge is -1.96. The summed E-state index contributed by atoms with van der Waals surface area (Å²) in [5.41, 5.74) is 1.98. The molecule has 0 atom stereocenters. The van der Waals surface area contributed by atoms with E-state index in [1.165, 1.54) is 19.2 Å². The molecule has 3 aromatic rings. The highest BCUT2D eigenvalue weighted by Crippen LogP contribution is 2.25. The van der Waals surface area contributed by atoms with Crippen molar-refractivity contribution in [3.63, 3.8) is 0 Å². The van der Waals surface area contributed by atoms with Gasteiger partial charge >= 0.3 is 5.97 Å². The van der Waals surface area contributed by atoms with Gasteiger partial charge in [-0.3, -0.25) is 0 Å². The Morgan fingerprint density at radius 1 is 1.25 bits per heavy atom. The number of ether oxygens (including phenoxy) is 1. The topological polar surface area (TPSA) is 52.3 Å². The third-order valence-corrected chi connectivity index (χ3v) is 2.88.